The molecule has 0 fully saturated rings. The highest BCUT2D eigenvalue weighted by molar-refractivity contribution is 6.88. The third-order valence-corrected chi connectivity index (χ3v) is 4.70. The van der Waals surface area contributed by atoms with E-state index in [4.69, 9.17) is 0 Å². The predicted molar refractivity (Wildman–Crippen MR) is 66.0 cm³/mol. The van der Waals surface area contributed by atoms with Gasteiger partial charge < -0.3 is 4.98 Å². The van der Waals surface area contributed by atoms with E-state index in [2.05, 4.69) is 30.7 Å². The topological polar surface area (TPSA) is 15.8 Å². The van der Waals surface area contributed by atoms with Crippen molar-refractivity contribution in [1.82, 2.24) is 4.98 Å². The van der Waals surface area contributed by atoms with Crippen LogP contribution < -0.4 is 5.32 Å². The summed E-state index contributed by atoms with van der Waals surface area (Å²) in [5, 5.41) is 2.30. The predicted octanol–water partition coefficient (Wildman–Crippen LogP) is 3.16. The fourth-order valence-electron chi connectivity index (χ4n) is 1.73. The van der Waals surface area contributed by atoms with Crippen LogP contribution in [0.4, 0.5) is 4.39 Å². The fourth-order valence-corrected chi connectivity index (χ4v) is 2.81. The monoisotopic (exact) mass is 221 g/mol. The lowest BCUT2D eigenvalue weighted by Gasteiger charge is -2.12. The molecule has 0 bridgehead atoms. The Bertz CT molecular complexity index is 508. The van der Waals surface area contributed by atoms with Crippen molar-refractivity contribution in [2.45, 2.75) is 26.6 Å². The Labute approximate surface area is 90.3 Å². The van der Waals surface area contributed by atoms with Gasteiger partial charge in [-0.15, -0.1) is 0 Å². The van der Waals surface area contributed by atoms with E-state index in [9.17, 15) is 4.39 Å². The third-order valence-electron chi connectivity index (χ3n) is 2.81. The highest BCUT2D eigenvalue weighted by Gasteiger charge is 2.19. The molecular weight excluding hydrogens is 205 g/mol. The summed E-state index contributed by atoms with van der Waals surface area (Å²) in [5.41, 5.74) is 1.79. The number of nitrogens with one attached hydrogen (secondary N) is 1. The number of hydrogen-bond donors (Lipinski definition) is 1. The summed E-state index contributed by atoms with van der Waals surface area (Å²) in [7, 11) is -1.33. The normalized spacial score (nSPS) is 12.3. The molecule has 0 saturated carbocycles. The zero-order chi connectivity index (χ0) is 11.2. The molecule has 1 N–H and O–H groups in total. The van der Waals surface area contributed by atoms with Crippen molar-refractivity contribution in [2.75, 3.05) is 0 Å². The first-order chi connectivity index (χ1) is 6.89. The molecule has 0 aliphatic heterocycles. The highest BCUT2D eigenvalue weighted by atomic mass is 28.3. The first-order valence-corrected chi connectivity index (χ1v) is 8.68. The first kappa shape index (κ1) is 10.4. The van der Waals surface area contributed by atoms with E-state index in [1.807, 2.05) is 13.0 Å². The summed E-state index contributed by atoms with van der Waals surface area (Å²) in [4.78, 5) is 3.40. The Morgan fingerprint density at radius 3 is 2.47 bits per heavy atom. The van der Waals surface area contributed by atoms with Crippen molar-refractivity contribution in [3.05, 3.63) is 29.6 Å². The fraction of sp³-hybridized carbons (Fsp3) is 0.333. The molecule has 2 aromatic rings. The molecule has 2 rings (SSSR count). The van der Waals surface area contributed by atoms with Crippen LogP contribution in [0.1, 0.15) is 5.56 Å². The molecular formula is C12H16FNSi. The van der Waals surface area contributed by atoms with Gasteiger partial charge in [0.05, 0.1) is 8.07 Å². The number of aryl methyl sites for hydroxylation is 1. The Morgan fingerprint density at radius 1 is 1.20 bits per heavy atom. The zero-order valence-corrected chi connectivity index (χ0v) is 10.6. The number of H-pyrrole nitrogens is 1. The van der Waals surface area contributed by atoms with Crippen molar-refractivity contribution in [3.63, 3.8) is 0 Å². The molecule has 1 heterocycles. The van der Waals surface area contributed by atoms with Crippen LogP contribution in [-0.2, 0) is 0 Å². The quantitative estimate of drug-likeness (QED) is 0.712. The maximum absolute atomic E-state index is 13.4. The molecule has 0 unspecified atom stereocenters. The number of benzene rings is 1. The van der Waals surface area contributed by atoms with Gasteiger partial charge in [0, 0.05) is 10.9 Å². The molecule has 0 spiro atoms. The van der Waals surface area contributed by atoms with Gasteiger partial charge in [-0.25, -0.2) is 4.39 Å². The van der Waals surface area contributed by atoms with Gasteiger partial charge in [-0.05, 0) is 36.0 Å². The van der Waals surface area contributed by atoms with E-state index in [1.54, 1.807) is 0 Å². The van der Waals surface area contributed by atoms with Crippen LogP contribution in [-0.4, -0.2) is 13.1 Å². The Kier molecular flexibility index (Phi) is 2.23. The third kappa shape index (κ3) is 1.72. The maximum atomic E-state index is 13.4. The lowest BCUT2D eigenvalue weighted by molar-refractivity contribution is 0.621. The molecule has 0 aliphatic rings. The van der Waals surface area contributed by atoms with Crippen LogP contribution in [0.5, 0.6) is 0 Å². The van der Waals surface area contributed by atoms with Crippen LogP contribution in [0.25, 0.3) is 10.9 Å². The number of halogens is 1. The molecule has 15 heavy (non-hydrogen) atoms. The summed E-state index contributed by atoms with van der Waals surface area (Å²) in [6.07, 6.45) is 0. The second kappa shape index (κ2) is 3.20. The molecule has 1 aromatic heterocycles. The molecule has 80 valence electrons. The minimum absolute atomic E-state index is 0.122. The van der Waals surface area contributed by atoms with Gasteiger partial charge in [0.25, 0.3) is 0 Å². The summed E-state index contributed by atoms with van der Waals surface area (Å²) in [6, 6.07) is 5.46. The summed E-state index contributed by atoms with van der Waals surface area (Å²) in [5.74, 6) is -0.122. The van der Waals surface area contributed by atoms with Crippen LogP contribution in [0.2, 0.25) is 19.6 Å². The number of aromatic nitrogens is 1. The van der Waals surface area contributed by atoms with E-state index < -0.39 is 8.07 Å². The molecule has 0 aliphatic carbocycles. The van der Waals surface area contributed by atoms with E-state index in [0.29, 0.717) is 0 Å². The molecule has 0 radical (unpaired) electrons. The van der Waals surface area contributed by atoms with Gasteiger partial charge >= 0.3 is 0 Å². The van der Waals surface area contributed by atoms with Gasteiger partial charge in [0.1, 0.15) is 5.82 Å². The molecule has 1 nitrogen and oxygen atoms in total. The number of fused-ring (bicyclic) bond motifs is 1. The van der Waals surface area contributed by atoms with Crippen LogP contribution in [0, 0.1) is 12.7 Å². The Hall–Kier alpha value is -1.09. The van der Waals surface area contributed by atoms with Gasteiger partial charge in [0.15, 0.2) is 0 Å². The smallest absolute Gasteiger partial charge is 0.126 e. The van der Waals surface area contributed by atoms with Crippen molar-refractivity contribution >= 4 is 24.3 Å². The Balaban J connectivity index is 2.72. The molecule has 0 amide bonds. The van der Waals surface area contributed by atoms with E-state index in [-0.39, 0.29) is 5.82 Å². The van der Waals surface area contributed by atoms with E-state index in [0.717, 1.165) is 16.5 Å². The average Bonchev–Trinajstić information content (AvgIpc) is 2.55. The van der Waals surface area contributed by atoms with Crippen LogP contribution >= 0.6 is 0 Å². The average molecular weight is 221 g/mol. The van der Waals surface area contributed by atoms with Crippen LogP contribution in [0.15, 0.2) is 18.2 Å². The molecule has 3 heteroatoms. The van der Waals surface area contributed by atoms with Crippen molar-refractivity contribution in [1.29, 1.82) is 0 Å². The standard InChI is InChI=1S/C12H16FNSi/c1-8-9-7-12(15(2,3)4)14-11(9)6-5-10(8)13/h5-7,14H,1-4H3. The lowest BCUT2D eigenvalue weighted by Crippen LogP contribution is -2.38. The number of rotatable bonds is 1. The SMILES string of the molecule is Cc1c(F)ccc2[nH]c([Si](C)(C)C)cc12. The first-order valence-electron chi connectivity index (χ1n) is 5.18. The van der Waals surface area contributed by atoms with Crippen molar-refractivity contribution in [3.8, 4) is 0 Å². The van der Waals surface area contributed by atoms with Gasteiger partial charge in [-0.3, -0.25) is 0 Å². The minimum atomic E-state index is -1.33. The maximum Gasteiger partial charge on any atom is 0.126 e. The van der Waals surface area contributed by atoms with Gasteiger partial charge in [-0.2, -0.15) is 0 Å². The summed E-state index contributed by atoms with van der Waals surface area (Å²) in [6.45, 7) is 8.68. The van der Waals surface area contributed by atoms with Crippen LogP contribution in [0.3, 0.4) is 0 Å². The second-order valence-electron chi connectivity index (χ2n) is 5.07. The summed E-state index contributed by atoms with van der Waals surface area (Å²) < 4.78 is 13.4. The molecule has 0 atom stereocenters. The van der Waals surface area contributed by atoms with Gasteiger partial charge in [-0.1, -0.05) is 19.6 Å². The largest absolute Gasteiger partial charge is 0.362 e. The van der Waals surface area contributed by atoms with E-state index >= 15 is 0 Å². The molecule has 0 saturated heterocycles. The zero-order valence-electron chi connectivity index (χ0n) is 9.61. The van der Waals surface area contributed by atoms with Gasteiger partial charge in [0.2, 0.25) is 0 Å². The van der Waals surface area contributed by atoms with Crippen molar-refractivity contribution in [2.24, 2.45) is 0 Å². The van der Waals surface area contributed by atoms with E-state index in [1.165, 1.54) is 11.4 Å². The minimum Gasteiger partial charge on any atom is -0.362 e. The number of hydrogen-bond acceptors (Lipinski definition) is 0. The number of aromatic amines is 1. The summed E-state index contributed by atoms with van der Waals surface area (Å²) >= 11 is 0. The highest BCUT2D eigenvalue weighted by Crippen LogP contribution is 2.20. The second-order valence-corrected chi connectivity index (χ2v) is 10.1. The molecule has 1 aromatic carbocycles. The lowest BCUT2D eigenvalue weighted by atomic mass is 10.1. The van der Waals surface area contributed by atoms with Crippen molar-refractivity contribution < 1.29 is 4.39 Å². The Morgan fingerprint density at radius 2 is 1.87 bits per heavy atom.